The molecule has 2 rings (SSSR count). The van der Waals surface area contributed by atoms with Crippen LogP contribution in [0.3, 0.4) is 0 Å². The van der Waals surface area contributed by atoms with Crippen LogP contribution in [0.5, 0.6) is 0 Å². The maximum absolute atomic E-state index is 12.2. The Labute approximate surface area is 135 Å². The van der Waals surface area contributed by atoms with Gasteiger partial charge < -0.3 is 5.32 Å². The summed E-state index contributed by atoms with van der Waals surface area (Å²) in [4.78, 5) is 12.2. The minimum Gasteiger partial charge on any atom is -0.356 e. The van der Waals surface area contributed by atoms with Crippen LogP contribution in [0.1, 0.15) is 43.2 Å². The van der Waals surface area contributed by atoms with Gasteiger partial charge in [0.05, 0.1) is 0 Å². The third-order valence-electron chi connectivity index (χ3n) is 4.08. The monoisotopic (exact) mass is 385 g/mol. The number of amides is 1. The summed E-state index contributed by atoms with van der Waals surface area (Å²) in [5, 5.41) is 3.12. The van der Waals surface area contributed by atoms with E-state index in [9.17, 15) is 4.79 Å². The number of carbonyl (C=O) groups is 1. The highest BCUT2D eigenvalue weighted by molar-refractivity contribution is 14.1. The lowest BCUT2D eigenvalue weighted by Crippen LogP contribution is -2.34. The molecule has 0 spiro atoms. The summed E-state index contributed by atoms with van der Waals surface area (Å²) in [6.45, 7) is 0.845. The van der Waals surface area contributed by atoms with E-state index in [2.05, 4.69) is 52.2 Å². The molecule has 1 aromatic carbocycles. The first kappa shape index (κ1) is 15.8. The molecule has 0 bridgehead atoms. The first-order chi connectivity index (χ1) is 9.81. The lowest BCUT2D eigenvalue weighted by Gasteiger charge is -2.23. The van der Waals surface area contributed by atoms with Crippen LogP contribution in [0.2, 0.25) is 0 Å². The van der Waals surface area contributed by atoms with E-state index in [0.717, 1.165) is 32.2 Å². The molecule has 0 radical (unpaired) electrons. The number of benzene rings is 1. The van der Waals surface area contributed by atoms with E-state index in [1.165, 1.54) is 34.8 Å². The van der Waals surface area contributed by atoms with E-state index in [-0.39, 0.29) is 11.8 Å². The van der Waals surface area contributed by atoms with Gasteiger partial charge in [-0.05, 0) is 47.7 Å². The van der Waals surface area contributed by atoms with E-state index in [0.29, 0.717) is 0 Å². The first-order valence-corrected chi connectivity index (χ1v) is 9.24. The number of fused-ring (bicyclic) bond motifs is 1. The molecule has 3 heteroatoms. The minimum absolute atomic E-state index is 0.180. The van der Waals surface area contributed by atoms with Crippen molar-refractivity contribution >= 4 is 28.5 Å². The van der Waals surface area contributed by atoms with Gasteiger partial charge in [-0.1, -0.05) is 59.7 Å². The van der Waals surface area contributed by atoms with Gasteiger partial charge in [0, 0.05) is 12.5 Å². The Bertz CT molecular complexity index is 433. The van der Waals surface area contributed by atoms with Crippen LogP contribution in [-0.2, 0) is 17.6 Å². The summed E-state index contributed by atoms with van der Waals surface area (Å²) in [6.07, 6.45) is 7.89. The van der Waals surface area contributed by atoms with Crippen LogP contribution >= 0.6 is 22.6 Å². The van der Waals surface area contributed by atoms with Crippen molar-refractivity contribution in [2.45, 2.75) is 44.9 Å². The third kappa shape index (κ3) is 4.76. The molecule has 1 unspecified atom stereocenters. The SMILES string of the molecule is O=C(NCCCCCCI)C1CCc2ccccc2C1. The van der Waals surface area contributed by atoms with Gasteiger partial charge in [-0.15, -0.1) is 0 Å². The fourth-order valence-corrected chi connectivity index (χ4v) is 3.39. The van der Waals surface area contributed by atoms with Gasteiger partial charge in [-0.3, -0.25) is 4.79 Å². The molecule has 0 saturated carbocycles. The second-order valence-corrected chi connectivity index (χ2v) is 6.68. The minimum atomic E-state index is 0.180. The fourth-order valence-electron chi connectivity index (χ4n) is 2.85. The number of carbonyl (C=O) groups excluding carboxylic acids is 1. The maximum atomic E-state index is 12.2. The predicted molar refractivity (Wildman–Crippen MR) is 92.3 cm³/mol. The van der Waals surface area contributed by atoms with E-state index in [4.69, 9.17) is 0 Å². The van der Waals surface area contributed by atoms with Crippen LogP contribution in [-0.4, -0.2) is 16.9 Å². The number of hydrogen-bond acceptors (Lipinski definition) is 1. The zero-order chi connectivity index (χ0) is 14.2. The quantitative estimate of drug-likeness (QED) is 0.431. The molecule has 1 amide bonds. The summed E-state index contributed by atoms with van der Waals surface area (Å²) >= 11 is 2.42. The lowest BCUT2D eigenvalue weighted by molar-refractivity contribution is -0.125. The average molecular weight is 385 g/mol. The number of alkyl halides is 1. The molecule has 1 aliphatic carbocycles. The van der Waals surface area contributed by atoms with Crippen LogP contribution in [0, 0.1) is 5.92 Å². The molecule has 20 heavy (non-hydrogen) atoms. The number of unbranched alkanes of at least 4 members (excludes halogenated alkanes) is 3. The first-order valence-electron chi connectivity index (χ1n) is 7.71. The smallest absolute Gasteiger partial charge is 0.223 e. The van der Waals surface area contributed by atoms with Gasteiger partial charge >= 0.3 is 0 Å². The Balaban J connectivity index is 1.69. The molecule has 2 nitrogen and oxygen atoms in total. The molecule has 0 aromatic heterocycles. The van der Waals surface area contributed by atoms with Crippen molar-refractivity contribution in [3.8, 4) is 0 Å². The van der Waals surface area contributed by atoms with Gasteiger partial charge in [0.25, 0.3) is 0 Å². The standard InChI is InChI=1S/C17H24INO/c18-11-5-1-2-6-12-19-17(20)16-10-9-14-7-3-4-8-15(14)13-16/h3-4,7-8,16H,1-2,5-6,9-13H2,(H,19,20). The van der Waals surface area contributed by atoms with Gasteiger partial charge in [0.2, 0.25) is 5.91 Å². The number of nitrogens with one attached hydrogen (secondary N) is 1. The zero-order valence-electron chi connectivity index (χ0n) is 12.0. The zero-order valence-corrected chi connectivity index (χ0v) is 14.2. The number of aryl methyl sites for hydroxylation is 1. The highest BCUT2D eigenvalue weighted by atomic mass is 127. The molecule has 1 atom stereocenters. The molecule has 1 aromatic rings. The van der Waals surface area contributed by atoms with Crippen molar-refractivity contribution in [3.63, 3.8) is 0 Å². The van der Waals surface area contributed by atoms with Crippen molar-refractivity contribution in [2.75, 3.05) is 11.0 Å². The largest absolute Gasteiger partial charge is 0.356 e. The third-order valence-corrected chi connectivity index (χ3v) is 4.84. The van der Waals surface area contributed by atoms with Crippen molar-refractivity contribution < 1.29 is 4.79 Å². The molecular formula is C17H24INO. The van der Waals surface area contributed by atoms with Crippen molar-refractivity contribution in [1.29, 1.82) is 0 Å². The van der Waals surface area contributed by atoms with E-state index < -0.39 is 0 Å². The fraction of sp³-hybridized carbons (Fsp3) is 0.588. The summed E-state index contributed by atoms with van der Waals surface area (Å²) < 4.78 is 1.24. The van der Waals surface area contributed by atoms with Crippen molar-refractivity contribution in [3.05, 3.63) is 35.4 Å². The second-order valence-electron chi connectivity index (χ2n) is 5.60. The Morgan fingerprint density at radius 1 is 1.15 bits per heavy atom. The predicted octanol–water partition coefficient (Wildman–Crippen LogP) is 3.90. The molecule has 0 heterocycles. The summed E-state index contributed by atoms with van der Waals surface area (Å²) in [5.41, 5.74) is 2.79. The summed E-state index contributed by atoms with van der Waals surface area (Å²) in [5.74, 6) is 0.438. The molecule has 0 fully saturated rings. The Kier molecular flexibility index (Phi) is 6.83. The van der Waals surface area contributed by atoms with Crippen LogP contribution in [0.15, 0.2) is 24.3 Å². The molecule has 1 aliphatic rings. The normalized spacial score (nSPS) is 17.6. The topological polar surface area (TPSA) is 29.1 Å². The number of rotatable bonds is 7. The Morgan fingerprint density at radius 2 is 1.90 bits per heavy atom. The van der Waals surface area contributed by atoms with Gasteiger partial charge in [-0.25, -0.2) is 0 Å². The Morgan fingerprint density at radius 3 is 2.70 bits per heavy atom. The molecule has 1 N–H and O–H groups in total. The molecule has 110 valence electrons. The summed E-state index contributed by atoms with van der Waals surface area (Å²) in [6, 6.07) is 8.52. The van der Waals surface area contributed by atoms with E-state index >= 15 is 0 Å². The van der Waals surface area contributed by atoms with Gasteiger partial charge in [0.1, 0.15) is 0 Å². The summed E-state index contributed by atoms with van der Waals surface area (Å²) in [7, 11) is 0. The highest BCUT2D eigenvalue weighted by Crippen LogP contribution is 2.25. The van der Waals surface area contributed by atoms with E-state index in [1.54, 1.807) is 0 Å². The molecule has 0 aliphatic heterocycles. The van der Waals surface area contributed by atoms with Crippen LogP contribution in [0.25, 0.3) is 0 Å². The maximum Gasteiger partial charge on any atom is 0.223 e. The lowest BCUT2D eigenvalue weighted by atomic mass is 9.83. The average Bonchev–Trinajstić information content (AvgIpc) is 2.50. The van der Waals surface area contributed by atoms with Crippen LogP contribution < -0.4 is 5.32 Å². The van der Waals surface area contributed by atoms with Gasteiger partial charge in [-0.2, -0.15) is 0 Å². The number of halogens is 1. The Hall–Kier alpha value is -0.580. The van der Waals surface area contributed by atoms with Gasteiger partial charge in [0.15, 0.2) is 0 Å². The highest BCUT2D eigenvalue weighted by Gasteiger charge is 2.23. The van der Waals surface area contributed by atoms with Crippen molar-refractivity contribution in [1.82, 2.24) is 5.32 Å². The second kappa shape index (κ2) is 8.65. The molecular weight excluding hydrogens is 361 g/mol. The van der Waals surface area contributed by atoms with Crippen molar-refractivity contribution in [2.24, 2.45) is 5.92 Å². The molecule has 0 saturated heterocycles. The van der Waals surface area contributed by atoms with Crippen LogP contribution in [0.4, 0.5) is 0 Å². The number of hydrogen-bond donors (Lipinski definition) is 1. The van der Waals surface area contributed by atoms with E-state index in [1.807, 2.05) is 0 Å².